The van der Waals surface area contributed by atoms with Crippen LogP contribution in [0.5, 0.6) is 0 Å². The number of rotatable bonds is 5. The molecule has 0 saturated carbocycles. The average molecular weight is 948 g/mol. The molecule has 0 N–H and O–H groups in total. The summed E-state index contributed by atoms with van der Waals surface area (Å²) >= 11 is 0. The molecule has 7 nitrogen and oxygen atoms in total. The first-order valence-corrected chi connectivity index (χ1v) is 25.1. The number of benzene rings is 11. The number of para-hydroxylation sites is 6. The van der Waals surface area contributed by atoms with Crippen molar-refractivity contribution in [1.29, 1.82) is 0 Å². The van der Waals surface area contributed by atoms with Crippen molar-refractivity contribution in [3.8, 4) is 0 Å². The first-order valence-electron chi connectivity index (χ1n) is 25.1. The number of nitrogens with zero attached hydrogens (tertiary/aromatic N) is 3. The highest BCUT2D eigenvalue weighted by Gasteiger charge is 2.45. The lowest BCUT2D eigenvalue weighted by Crippen LogP contribution is -2.61. The first-order chi connectivity index (χ1) is 36.7. The lowest BCUT2D eigenvalue weighted by Gasteiger charge is -2.45. The van der Waals surface area contributed by atoms with Gasteiger partial charge in [0.05, 0.1) is 5.69 Å². The Balaban J connectivity index is 1.04. The third-order valence-corrected chi connectivity index (χ3v) is 15.6. The Morgan fingerprint density at radius 3 is 1.04 bits per heavy atom. The Morgan fingerprint density at radius 1 is 0.270 bits per heavy atom. The van der Waals surface area contributed by atoms with Crippen LogP contribution >= 0.6 is 0 Å². The maximum absolute atomic E-state index is 6.81. The average Bonchev–Trinajstić information content (AvgIpc) is 4.22. The molecule has 6 heterocycles. The normalized spacial score (nSPS) is 13.1. The van der Waals surface area contributed by atoms with E-state index in [0.717, 1.165) is 155 Å². The van der Waals surface area contributed by atoms with Crippen molar-refractivity contribution in [2.24, 2.45) is 0 Å². The van der Waals surface area contributed by atoms with Crippen LogP contribution < -0.4 is 31.1 Å². The van der Waals surface area contributed by atoms with E-state index in [2.05, 4.69) is 209 Å². The van der Waals surface area contributed by atoms with Gasteiger partial charge in [0.15, 0.2) is 0 Å². The Bertz CT molecular complexity index is 4540. The molecular weight excluding hydrogens is 910 g/mol. The molecule has 0 bridgehead atoms. The molecule has 0 atom stereocenters. The van der Waals surface area contributed by atoms with Crippen LogP contribution in [0.3, 0.4) is 0 Å². The minimum Gasteiger partial charge on any atom is -0.456 e. The minimum absolute atomic E-state index is 0.249. The summed E-state index contributed by atoms with van der Waals surface area (Å²) < 4.78 is 26.6. The second-order valence-corrected chi connectivity index (χ2v) is 19.6. The molecule has 0 radical (unpaired) electrons. The van der Waals surface area contributed by atoms with Gasteiger partial charge in [-0.3, -0.25) is 0 Å². The fourth-order valence-electron chi connectivity index (χ4n) is 12.4. The van der Waals surface area contributed by atoms with Crippen LogP contribution in [-0.2, 0) is 0 Å². The van der Waals surface area contributed by atoms with Crippen molar-refractivity contribution < 1.29 is 17.7 Å². The predicted molar refractivity (Wildman–Crippen MR) is 304 cm³/mol. The van der Waals surface area contributed by atoms with Crippen molar-refractivity contribution in [2.75, 3.05) is 14.7 Å². The lowest BCUT2D eigenvalue weighted by molar-refractivity contribution is 0.668. The molecule has 344 valence electrons. The zero-order valence-electron chi connectivity index (χ0n) is 39.5. The Hall–Kier alpha value is -9.92. The maximum atomic E-state index is 6.81. The monoisotopic (exact) mass is 947 g/mol. The fraction of sp³-hybridized carbons (Fsp3) is 0. The van der Waals surface area contributed by atoms with Gasteiger partial charge < -0.3 is 32.4 Å². The van der Waals surface area contributed by atoms with Gasteiger partial charge in [0.25, 0.3) is 6.71 Å². The van der Waals surface area contributed by atoms with E-state index in [-0.39, 0.29) is 6.71 Å². The molecule has 8 heteroatoms. The van der Waals surface area contributed by atoms with Crippen LogP contribution in [-0.4, -0.2) is 6.71 Å². The van der Waals surface area contributed by atoms with E-state index in [1.54, 1.807) is 0 Å². The smallest absolute Gasteiger partial charge is 0.252 e. The molecule has 0 saturated heterocycles. The third kappa shape index (κ3) is 5.56. The molecular formula is C66H38BN3O4. The van der Waals surface area contributed by atoms with Gasteiger partial charge in [-0.2, -0.15) is 0 Å². The molecule has 15 aromatic rings. The number of hydrogen-bond acceptors (Lipinski definition) is 7. The summed E-state index contributed by atoms with van der Waals surface area (Å²) in [5, 5.41) is 8.50. The number of anilines is 9. The van der Waals surface area contributed by atoms with E-state index >= 15 is 0 Å². The van der Waals surface area contributed by atoms with Crippen LogP contribution in [0.25, 0.3) is 87.8 Å². The summed E-state index contributed by atoms with van der Waals surface area (Å²) in [6.45, 7) is -0.249. The quantitative estimate of drug-likeness (QED) is 0.159. The van der Waals surface area contributed by atoms with E-state index in [1.807, 2.05) is 36.4 Å². The SMILES string of the molecule is c1ccc(N(c2ccccc2)c2cc3c4c(c2)N(c2ccc5oc6ccccc6c5c2)c2cc5c(cc2B4c2cc4oc6ccccc6c4cc2N3c2ccc3oc4ccccc4c3c2)oc2ccccc25)cc1. The van der Waals surface area contributed by atoms with Crippen molar-refractivity contribution in [2.45, 2.75) is 0 Å². The Kier molecular flexibility index (Phi) is 7.96. The number of furan rings is 4. The molecule has 2 aliphatic heterocycles. The largest absolute Gasteiger partial charge is 0.456 e. The van der Waals surface area contributed by atoms with E-state index in [0.29, 0.717) is 0 Å². The van der Waals surface area contributed by atoms with Gasteiger partial charge in [-0.15, -0.1) is 0 Å². The summed E-state index contributed by atoms with van der Waals surface area (Å²) in [5.74, 6) is 0. The molecule has 0 fully saturated rings. The van der Waals surface area contributed by atoms with Crippen LogP contribution in [0.4, 0.5) is 51.2 Å². The number of fused-ring (bicyclic) bond motifs is 16. The second-order valence-electron chi connectivity index (χ2n) is 19.6. The standard InChI is InChI=1S/C66H38BN3O4/c1-3-15-39(16-4-1)68(40-17-5-2-6-18-40)43-33-56-66-57(34-43)70(42-28-30-63-49(32-42)45-20-8-12-24-59(45)72-63)55-36-51-47-22-10-14-26-61(47)74-65(51)38-53(55)67(66)52-37-64-50(46-21-9-13-25-60(46)73-64)35-54(52)69(56)41-27-29-62-48(31-41)44-19-7-11-23-58(44)71-62/h1-38H. The molecule has 0 unspecified atom stereocenters. The maximum Gasteiger partial charge on any atom is 0.252 e. The summed E-state index contributed by atoms with van der Waals surface area (Å²) in [6, 6.07) is 82.2. The topological polar surface area (TPSA) is 62.3 Å². The Morgan fingerprint density at radius 2 is 0.622 bits per heavy atom. The van der Waals surface area contributed by atoms with Gasteiger partial charge in [-0.05, 0) is 138 Å². The molecule has 74 heavy (non-hydrogen) atoms. The molecule has 0 spiro atoms. The molecule has 17 rings (SSSR count). The first kappa shape index (κ1) is 39.8. The van der Waals surface area contributed by atoms with Crippen molar-refractivity contribution in [1.82, 2.24) is 0 Å². The van der Waals surface area contributed by atoms with Crippen molar-refractivity contribution in [3.63, 3.8) is 0 Å². The van der Waals surface area contributed by atoms with Crippen LogP contribution in [0.1, 0.15) is 0 Å². The highest BCUT2D eigenvalue weighted by molar-refractivity contribution is 7.00. The van der Waals surface area contributed by atoms with Gasteiger partial charge >= 0.3 is 0 Å². The zero-order chi connectivity index (χ0) is 48.2. The van der Waals surface area contributed by atoms with Gasteiger partial charge in [0.2, 0.25) is 0 Å². The van der Waals surface area contributed by atoms with Crippen molar-refractivity contribution in [3.05, 3.63) is 231 Å². The molecule has 4 aromatic heterocycles. The summed E-state index contributed by atoms with van der Waals surface area (Å²) in [4.78, 5) is 7.35. The summed E-state index contributed by atoms with van der Waals surface area (Å²) in [5.41, 5.74) is 19.6. The Labute approximate surface area is 422 Å². The molecule has 11 aromatic carbocycles. The fourth-order valence-corrected chi connectivity index (χ4v) is 12.4. The third-order valence-electron chi connectivity index (χ3n) is 15.6. The van der Waals surface area contributed by atoms with Crippen LogP contribution in [0.2, 0.25) is 0 Å². The number of hydrogen-bond donors (Lipinski definition) is 0. The van der Waals surface area contributed by atoms with Crippen LogP contribution in [0.15, 0.2) is 248 Å². The molecule has 2 aliphatic rings. The van der Waals surface area contributed by atoms with Gasteiger partial charge in [-0.25, -0.2) is 0 Å². The van der Waals surface area contributed by atoms with Crippen molar-refractivity contribution >= 4 is 162 Å². The van der Waals surface area contributed by atoms with E-state index in [1.165, 1.54) is 0 Å². The highest BCUT2D eigenvalue weighted by atomic mass is 16.3. The van der Waals surface area contributed by atoms with E-state index in [9.17, 15) is 0 Å². The summed E-state index contributed by atoms with van der Waals surface area (Å²) in [7, 11) is 0. The highest BCUT2D eigenvalue weighted by Crippen LogP contribution is 2.51. The lowest BCUT2D eigenvalue weighted by atomic mass is 9.33. The van der Waals surface area contributed by atoms with Gasteiger partial charge in [-0.1, -0.05) is 109 Å². The zero-order valence-corrected chi connectivity index (χ0v) is 39.5. The van der Waals surface area contributed by atoms with E-state index in [4.69, 9.17) is 17.7 Å². The predicted octanol–water partition coefficient (Wildman–Crippen LogP) is 16.8. The summed E-state index contributed by atoms with van der Waals surface area (Å²) in [6.07, 6.45) is 0. The molecule has 0 aliphatic carbocycles. The van der Waals surface area contributed by atoms with E-state index < -0.39 is 0 Å². The van der Waals surface area contributed by atoms with Crippen LogP contribution in [0, 0.1) is 0 Å². The second kappa shape index (κ2) is 14.8. The van der Waals surface area contributed by atoms with Gasteiger partial charge in [0.1, 0.15) is 44.7 Å². The van der Waals surface area contributed by atoms with Gasteiger partial charge in [0, 0.05) is 88.6 Å². The molecule has 0 amide bonds. The minimum atomic E-state index is -0.249.